The summed E-state index contributed by atoms with van der Waals surface area (Å²) >= 11 is -2.46. The molecule has 2 atom stereocenters. The molecule has 2 unspecified atom stereocenters. The first-order chi connectivity index (χ1) is 20.6. The van der Waals surface area contributed by atoms with Crippen LogP contribution >= 0.6 is 0 Å². The molecule has 0 nitrogen and oxygen atoms in total. The molecule has 1 heterocycles. The van der Waals surface area contributed by atoms with E-state index in [0.29, 0.717) is 8.45 Å². The van der Waals surface area contributed by atoms with E-state index in [9.17, 15) is 0 Å². The van der Waals surface area contributed by atoms with Crippen LogP contribution in [0.25, 0.3) is 34.4 Å². The van der Waals surface area contributed by atoms with Gasteiger partial charge in [-0.25, -0.2) is 0 Å². The molecule has 0 N–H and O–H groups in total. The van der Waals surface area contributed by atoms with Crippen LogP contribution in [0.3, 0.4) is 0 Å². The summed E-state index contributed by atoms with van der Waals surface area (Å²) < 4.78 is 4.33. The quantitative estimate of drug-likeness (QED) is 0.206. The maximum atomic E-state index is 2.63. The molecule has 0 radical (unpaired) electrons. The molecule has 3 aliphatic rings. The van der Waals surface area contributed by atoms with Crippen LogP contribution in [-0.2, 0) is 29.4 Å². The van der Waals surface area contributed by atoms with Crippen molar-refractivity contribution < 1.29 is 41.4 Å². The van der Waals surface area contributed by atoms with Crippen LogP contribution in [0, 0.1) is 0 Å². The van der Waals surface area contributed by atoms with Gasteiger partial charge in [-0.05, 0) is 0 Å². The van der Waals surface area contributed by atoms with E-state index in [1.807, 2.05) is 0 Å². The van der Waals surface area contributed by atoms with Crippen molar-refractivity contribution in [3.8, 4) is 22.3 Å². The van der Waals surface area contributed by atoms with Crippen LogP contribution in [0.15, 0.2) is 96.1 Å². The molecule has 0 spiro atoms. The van der Waals surface area contributed by atoms with Gasteiger partial charge in [0, 0.05) is 0 Å². The number of rotatable bonds is 8. The Kier molecular flexibility index (Phi) is 10.2. The molecule has 226 valence electrons. The Morgan fingerprint density at radius 3 is 1.25 bits per heavy atom. The van der Waals surface area contributed by atoms with Crippen molar-refractivity contribution in [2.24, 2.45) is 0 Å². The van der Waals surface area contributed by atoms with Gasteiger partial charge in [-0.3, -0.25) is 0 Å². The first kappa shape index (κ1) is 33.0. The summed E-state index contributed by atoms with van der Waals surface area (Å²) in [6.45, 7) is 9.30. The SMILES string of the molecule is CCC1=Cc2c(-c3ccc(CC)cc3)cccc2[CH]1[Ti+2]1([CH]2C(CC)=Cc3c(-c4ccc(CC)cc4)cccc32)[CH2]C[CH2]1.[Cl-].[Cl-]. The number of fused-ring (bicyclic) bond motifs is 2. The van der Waals surface area contributed by atoms with Crippen molar-refractivity contribution in [3.63, 3.8) is 0 Å². The van der Waals surface area contributed by atoms with Crippen molar-refractivity contribution in [2.45, 2.75) is 77.7 Å². The summed E-state index contributed by atoms with van der Waals surface area (Å²) in [5, 5.41) is 0. The largest absolute Gasteiger partial charge is 1.00 e. The van der Waals surface area contributed by atoms with Gasteiger partial charge in [-0.1, -0.05) is 0 Å². The molecule has 44 heavy (non-hydrogen) atoms. The Morgan fingerprint density at radius 1 is 0.523 bits per heavy atom. The number of allylic oxidation sites excluding steroid dienone is 2. The van der Waals surface area contributed by atoms with Gasteiger partial charge in [0.15, 0.2) is 0 Å². The van der Waals surface area contributed by atoms with Crippen molar-refractivity contribution >= 4 is 12.2 Å². The monoisotopic (exact) mass is 654 g/mol. The Balaban J connectivity index is 0.00000192. The van der Waals surface area contributed by atoms with Crippen molar-refractivity contribution in [2.75, 3.05) is 0 Å². The minimum Gasteiger partial charge on any atom is -1.00 e. The maximum Gasteiger partial charge on any atom is -1.00 e. The van der Waals surface area contributed by atoms with E-state index in [1.54, 1.807) is 22.3 Å². The summed E-state index contributed by atoms with van der Waals surface area (Å²) in [6, 6.07) is 33.1. The maximum absolute atomic E-state index is 2.63. The van der Waals surface area contributed by atoms with Gasteiger partial charge < -0.3 is 24.8 Å². The van der Waals surface area contributed by atoms with Gasteiger partial charge in [0.25, 0.3) is 0 Å². The fraction of sp³-hybridized carbons (Fsp3) is 0.317. The van der Waals surface area contributed by atoms with E-state index in [1.165, 1.54) is 60.4 Å². The zero-order valence-electron chi connectivity index (χ0n) is 26.6. The van der Waals surface area contributed by atoms with E-state index < -0.39 is 16.6 Å². The van der Waals surface area contributed by atoms with Crippen LogP contribution in [-0.4, -0.2) is 0 Å². The summed E-state index contributed by atoms with van der Waals surface area (Å²) in [4.78, 5) is 0. The smallest absolute Gasteiger partial charge is 1.00 e. The number of hydrogen-bond acceptors (Lipinski definition) is 0. The fourth-order valence-corrected chi connectivity index (χ4v) is 18.6. The summed E-state index contributed by atoms with van der Waals surface area (Å²) in [5.74, 6) is 0. The van der Waals surface area contributed by atoms with Gasteiger partial charge in [0.2, 0.25) is 0 Å². The summed E-state index contributed by atoms with van der Waals surface area (Å²) in [6.07, 6.45) is 11.2. The molecule has 0 bridgehead atoms. The van der Waals surface area contributed by atoms with Crippen LogP contribution in [0.4, 0.5) is 0 Å². The topological polar surface area (TPSA) is 0 Å². The first-order valence-corrected chi connectivity index (χ1v) is 20.5. The summed E-state index contributed by atoms with van der Waals surface area (Å²) in [5.41, 5.74) is 18.2. The number of halogens is 2. The van der Waals surface area contributed by atoms with Crippen molar-refractivity contribution in [1.82, 2.24) is 0 Å². The molecule has 3 heteroatoms. The predicted octanol–water partition coefficient (Wildman–Crippen LogP) is 5.94. The Morgan fingerprint density at radius 2 is 0.932 bits per heavy atom. The molecule has 0 saturated carbocycles. The zero-order chi connectivity index (χ0) is 28.8. The molecule has 7 rings (SSSR count). The van der Waals surface area contributed by atoms with E-state index >= 15 is 0 Å². The second kappa shape index (κ2) is 13.6. The van der Waals surface area contributed by atoms with Crippen LogP contribution in [0.5, 0.6) is 0 Å². The standard InChI is InChI=1S/2C19H19.C3H6.2ClH.Ti/c2*1-3-14-8-10-16(11-9-14)18-7-5-6-17-12-15(4-2)13-19(17)18;1-3-2;;;/h2*5-13H,3-4H2,1-2H3;1-3H2;2*1H;/q;;;;;+2/p-2. The van der Waals surface area contributed by atoms with Gasteiger partial charge in [0.1, 0.15) is 0 Å². The Hall–Kier alpha value is -2.35. The molecule has 2 aliphatic carbocycles. The van der Waals surface area contributed by atoms with Crippen LogP contribution in [0.1, 0.15) is 88.8 Å². The number of aryl methyl sites for hydroxylation is 2. The van der Waals surface area contributed by atoms with Crippen LogP contribution < -0.4 is 24.8 Å². The molecule has 4 aromatic rings. The average molecular weight is 656 g/mol. The van der Waals surface area contributed by atoms with Crippen LogP contribution in [0.2, 0.25) is 9.45 Å². The second-order valence-electron chi connectivity index (χ2n) is 12.8. The Labute approximate surface area is 281 Å². The van der Waals surface area contributed by atoms with Crippen molar-refractivity contribution in [3.05, 3.63) is 129 Å². The third-order valence-corrected chi connectivity index (χ3v) is 20.6. The van der Waals surface area contributed by atoms with E-state index in [0.717, 1.165) is 25.7 Å². The second-order valence-corrected chi connectivity index (χ2v) is 20.0. The number of hydrogen-bond donors (Lipinski definition) is 0. The van der Waals surface area contributed by atoms with Gasteiger partial charge in [-0.15, -0.1) is 0 Å². The molecule has 1 fully saturated rings. The summed E-state index contributed by atoms with van der Waals surface area (Å²) in [7, 11) is 0. The van der Waals surface area contributed by atoms with Gasteiger partial charge >= 0.3 is 258 Å². The minimum atomic E-state index is -2.46. The molecular weight excluding hydrogens is 611 g/mol. The molecule has 0 amide bonds. The van der Waals surface area contributed by atoms with Gasteiger partial charge in [0.05, 0.1) is 0 Å². The van der Waals surface area contributed by atoms with Gasteiger partial charge in [-0.2, -0.15) is 0 Å². The molecule has 1 aliphatic heterocycles. The van der Waals surface area contributed by atoms with E-state index in [4.69, 9.17) is 0 Å². The normalized spacial score (nSPS) is 18.4. The third-order valence-electron chi connectivity index (χ3n) is 10.9. The zero-order valence-corrected chi connectivity index (χ0v) is 29.7. The van der Waals surface area contributed by atoms with E-state index in [-0.39, 0.29) is 24.8 Å². The number of benzene rings is 4. The van der Waals surface area contributed by atoms with E-state index in [2.05, 4.69) is 125 Å². The average Bonchev–Trinajstić information content (AvgIpc) is 3.60. The fourth-order valence-electron chi connectivity index (χ4n) is 8.57. The first-order valence-electron chi connectivity index (χ1n) is 16.5. The predicted molar refractivity (Wildman–Crippen MR) is 179 cm³/mol. The third kappa shape index (κ3) is 5.31. The molecule has 0 aromatic heterocycles. The Bertz CT molecular complexity index is 1570. The minimum absolute atomic E-state index is 0. The molecular formula is C41H44Cl2Ti. The van der Waals surface area contributed by atoms with Crippen molar-refractivity contribution in [1.29, 1.82) is 0 Å². The molecule has 4 aromatic carbocycles. The molecule has 1 saturated heterocycles.